The Balaban J connectivity index is 1.49. The van der Waals surface area contributed by atoms with Crippen molar-refractivity contribution in [1.82, 2.24) is 14.7 Å². The Morgan fingerprint density at radius 1 is 1.30 bits per heavy atom. The number of piperidine rings is 1. The Bertz CT molecular complexity index is 533. The SMILES string of the molecule is Cc1c(NC(=O)CCC2CCCN(C)C2)cnn1C1CCCC1. The fourth-order valence-corrected chi connectivity index (χ4v) is 4.12. The van der Waals surface area contributed by atoms with Crippen molar-refractivity contribution in [1.29, 1.82) is 0 Å². The number of nitrogens with one attached hydrogen (secondary N) is 1. The van der Waals surface area contributed by atoms with Crippen molar-refractivity contribution in [2.45, 2.75) is 64.3 Å². The molecule has 2 aliphatic rings. The van der Waals surface area contributed by atoms with Crippen LogP contribution in [-0.2, 0) is 4.79 Å². The van der Waals surface area contributed by atoms with Crippen LogP contribution in [-0.4, -0.2) is 40.7 Å². The largest absolute Gasteiger partial charge is 0.323 e. The number of hydrogen-bond acceptors (Lipinski definition) is 3. The summed E-state index contributed by atoms with van der Waals surface area (Å²) in [5.41, 5.74) is 1.99. The van der Waals surface area contributed by atoms with Gasteiger partial charge >= 0.3 is 0 Å². The molecule has 1 unspecified atom stereocenters. The maximum Gasteiger partial charge on any atom is 0.224 e. The molecular formula is C18H30N4O. The number of amides is 1. The van der Waals surface area contributed by atoms with Crippen LogP contribution in [0.5, 0.6) is 0 Å². The summed E-state index contributed by atoms with van der Waals surface area (Å²) in [6, 6.07) is 0.526. The molecule has 1 N–H and O–H groups in total. The first-order valence-corrected chi connectivity index (χ1v) is 9.16. The van der Waals surface area contributed by atoms with Gasteiger partial charge in [-0.05, 0) is 58.5 Å². The van der Waals surface area contributed by atoms with Crippen LogP contribution in [0.15, 0.2) is 6.20 Å². The number of hydrogen-bond donors (Lipinski definition) is 1. The Morgan fingerprint density at radius 2 is 2.09 bits per heavy atom. The smallest absolute Gasteiger partial charge is 0.224 e. The normalized spacial score (nSPS) is 23.3. The molecule has 0 bridgehead atoms. The summed E-state index contributed by atoms with van der Waals surface area (Å²) >= 11 is 0. The quantitative estimate of drug-likeness (QED) is 0.905. The van der Waals surface area contributed by atoms with E-state index in [2.05, 4.69) is 34.0 Å². The zero-order valence-electron chi connectivity index (χ0n) is 14.6. The van der Waals surface area contributed by atoms with Crippen LogP contribution in [0, 0.1) is 12.8 Å². The second-order valence-corrected chi connectivity index (χ2v) is 7.38. The highest BCUT2D eigenvalue weighted by Crippen LogP contribution is 2.31. The van der Waals surface area contributed by atoms with Gasteiger partial charge in [0.05, 0.1) is 23.6 Å². The topological polar surface area (TPSA) is 50.2 Å². The van der Waals surface area contributed by atoms with Crippen LogP contribution >= 0.6 is 0 Å². The van der Waals surface area contributed by atoms with E-state index in [0.717, 1.165) is 24.3 Å². The van der Waals surface area contributed by atoms with Gasteiger partial charge in [-0.15, -0.1) is 0 Å². The van der Waals surface area contributed by atoms with Crippen molar-refractivity contribution in [3.63, 3.8) is 0 Å². The highest BCUT2D eigenvalue weighted by Gasteiger charge is 2.21. The third-order valence-electron chi connectivity index (χ3n) is 5.49. The minimum Gasteiger partial charge on any atom is -0.323 e. The van der Waals surface area contributed by atoms with E-state index in [9.17, 15) is 4.79 Å². The van der Waals surface area contributed by atoms with E-state index >= 15 is 0 Å². The molecule has 1 saturated heterocycles. The molecule has 23 heavy (non-hydrogen) atoms. The van der Waals surface area contributed by atoms with Crippen molar-refractivity contribution in [3.8, 4) is 0 Å². The molecule has 0 radical (unpaired) electrons. The lowest BCUT2D eigenvalue weighted by Gasteiger charge is -2.29. The van der Waals surface area contributed by atoms with E-state index in [1.54, 1.807) is 0 Å². The van der Waals surface area contributed by atoms with Gasteiger partial charge in [0.15, 0.2) is 0 Å². The van der Waals surface area contributed by atoms with Crippen LogP contribution in [0.1, 0.15) is 63.1 Å². The summed E-state index contributed by atoms with van der Waals surface area (Å²) < 4.78 is 2.11. The first-order valence-electron chi connectivity index (χ1n) is 9.16. The summed E-state index contributed by atoms with van der Waals surface area (Å²) in [4.78, 5) is 14.6. The summed E-state index contributed by atoms with van der Waals surface area (Å²) in [5.74, 6) is 0.800. The average Bonchev–Trinajstić information content (AvgIpc) is 3.16. The molecule has 2 heterocycles. The monoisotopic (exact) mass is 318 g/mol. The zero-order chi connectivity index (χ0) is 16.2. The van der Waals surface area contributed by atoms with Gasteiger partial charge in [-0.2, -0.15) is 5.10 Å². The molecule has 5 nitrogen and oxygen atoms in total. The van der Waals surface area contributed by atoms with E-state index < -0.39 is 0 Å². The van der Waals surface area contributed by atoms with Gasteiger partial charge in [0, 0.05) is 13.0 Å². The molecule has 3 rings (SSSR count). The molecule has 0 aromatic carbocycles. The van der Waals surface area contributed by atoms with Gasteiger partial charge in [0.2, 0.25) is 5.91 Å². The van der Waals surface area contributed by atoms with Crippen LogP contribution in [0.2, 0.25) is 0 Å². The molecule has 128 valence electrons. The number of aromatic nitrogens is 2. The van der Waals surface area contributed by atoms with Gasteiger partial charge in [0.1, 0.15) is 0 Å². The van der Waals surface area contributed by atoms with Crippen molar-refractivity contribution in [2.24, 2.45) is 5.92 Å². The Hall–Kier alpha value is -1.36. The molecular weight excluding hydrogens is 288 g/mol. The molecule has 5 heteroatoms. The zero-order valence-corrected chi connectivity index (χ0v) is 14.6. The highest BCUT2D eigenvalue weighted by atomic mass is 16.1. The number of carbonyl (C=O) groups excluding carboxylic acids is 1. The van der Waals surface area contributed by atoms with Crippen molar-refractivity contribution >= 4 is 11.6 Å². The van der Waals surface area contributed by atoms with Crippen LogP contribution in [0.4, 0.5) is 5.69 Å². The number of nitrogens with zero attached hydrogens (tertiary/aromatic N) is 3. The van der Waals surface area contributed by atoms with E-state index in [4.69, 9.17) is 0 Å². The van der Waals surface area contributed by atoms with Crippen molar-refractivity contribution < 1.29 is 4.79 Å². The Morgan fingerprint density at radius 3 is 2.83 bits per heavy atom. The molecule has 1 saturated carbocycles. The average molecular weight is 318 g/mol. The Labute approximate surface area is 139 Å². The van der Waals surface area contributed by atoms with Crippen molar-refractivity contribution in [2.75, 3.05) is 25.5 Å². The third kappa shape index (κ3) is 4.14. The summed E-state index contributed by atoms with van der Waals surface area (Å²) in [6.45, 7) is 4.39. The predicted molar refractivity (Wildman–Crippen MR) is 92.6 cm³/mol. The molecule has 1 aliphatic carbocycles. The number of likely N-dealkylation sites (tertiary alicyclic amines) is 1. The van der Waals surface area contributed by atoms with E-state index in [0.29, 0.717) is 18.4 Å². The minimum atomic E-state index is 0.132. The summed E-state index contributed by atoms with van der Waals surface area (Å²) in [5, 5.41) is 7.57. The van der Waals surface area contributed by atoms with Crippen molar-refractivity contribution in [3.05, 3.63) is 11.9 Å². The van der Waals surface area contributed by atoms with Gasteiger partial charge in [-0.1, -0.05) is 12.8 Å². The molecule has 1 aliphatic heterocycles. The fraction of sp³-hybridized carbons (Fsp3) is 0.778. The predicted octanol–water partition coefficient (Wildman–Crippen LogP) is 3.37. The highest BCUT2D eigenvalue weighted by molar-refractivity contribution is 5.91. The number of carbonyl (C=O) groups is 1. The van der Waals surface area contributed by atoms with E-state index in [1.165, 1.54) is 45.1 Å². The van der Waals surface area contributed by atoms with Crippen LogP contribution in [0.3, 0.4) is 0 Å². The number of rotatable bonds is 5. The summed E-state index contributed by atoms with van der Waals surface area (Å²) in [7, 11) is 2.17. The third-order valence-corrected chi connectivity index (χ3v) is 5.49. The molecule has 0 spiro atoms. The van der Waals surface area contributed by atoms with Gasteiger partial charge in [-0.25, -0.2) is 0 Å². The number of anilines is 1. The van der Waals surface area contributed by atoms with Gasteiger partial charge < -0.3 is 10.2 Å². The molecule has 1 aromatic heterocycles. The van der Waals surface area contributed by atoms with Gasteiger partial charge in [0.25, 0.3) is 0 Å². The fourth-order valence-electron chi connectivity index (χ4n) is 4.12. The molecule has 1 aromatic rings. The minimum absolute atomic E-state index is 0.132. The van der Waals surface area contributed by atoms with Gasteiger partial charge in [-0.3, -0.25) is 9.48 Å². The molecule has 2 fully saturated rings. The maximum atomic E-state index is 12.3. The standard InChI is InChI=1S/C18H30N4O/c1-14-17(12-19-22(14)16-7-3-4-8-16)20-18(23)10-9-15-6-5-11-21(2)13-15/h12,15-16H,3-11,13H2,1-2H3,(H,20,23). The van der Waals surface area contributed by atoms with Crippen LogP contribution < -0.4 is 5.32 Å². The first-order chi connectivity index (χ1) is 11.1. The lowest BCUT2D eigenvalue weighted by Crippen LogP contribution is -2.32. The second-order valence-electron chi connectivity index (χ2n) is 7.38. The summed E-state index contributed by atoms with van der Waals surface area (Å²) in [6.07, 6.45) is 11.0. The Kier molecular flexibility index (Phi) is 5.36. The molecule has 1 atom stereocenters. The second kappa shape index (κ2) is 7.47. The lowest BCUT2D eigenvalue weighted by molar-refractivity contribution is -0.116. The van der Waals surface area contributed by atoms with E-state index in [1.807, 2.05) is 6.20 Å². The molecule has 1 amide bonds. The maximum absolute atomic E-state index is 12.3. The van der Waals surface area contributed by atoms with E-state index in [-0.39, 0.29) is 5.91 Å². The van der Waals surface area contributed by atoms with Crippen LogP contribution in [0.25, 0.3) is 0 Å². The lowest BCUT2D eigenvalue weighted by atomic mass is 9.93. The first kappa shape index (κ1) is 16.5.